The highest BCUT2D eigenvalue weighted by Gasteiger charge is 2.31. The molecule has 1 aliphatic heterocycles. The van der Waals surface area contributed by atoms with Crippen molar-refractivity contribution in [2.45, 2.75) is 44.6 Å². The predicted octanol–water partition coefficient (Wildman–Crippen LogP) is 1.22. The van der Waals surface area contributed by atoms with Crippen molar-refractivity contribution in [3.8, 4) is 0 Å². The maximum Gasteiger partial charge on any atom is 0.246 e. The minimum absolute atomic E-state index is 0.0160. The van der Waals surface area contributed by atoms with E-state index in [1.165, 1.54) is 4.31 Å². The van der Waals surface area contributed by atoms with Gasteiger partial charge in [0.25, 0.3) is 0 Å². The summed E-state index contributed by atoms with van der Waals surface area (Å²) in [5, 5.41) is 6.70. The summed E-state index contributed by atoms with van der Waals surface area (Å²) in [6.45, 7) is 6.86. The maximum absolute atomic E-state index is 12.7. The SMILES string of the molecule is CCN(CC1CCCO1)S(=O)(=O)c1c(C)n[nH]c1C. The summed E-state index contributed by atoms with van der Waals surface area (Å²) in [5.41, 5.74) is 1.10. The summed E-state index contributed by atoms with van der Waals surface area (Å²) < 4.78 is 32.3. The van der Waals surface area contributed by atoms with E-state index in [1.807, 2.05) is 6.92 Å². The van der Waals surface area contributed by atoms with E-state index < -0.39 is 10.0 Å². The fraction of sp³-hybridized carbons (Fsp3) is 0.750. The van der Waals surface area contributed by atoms with Crippen LogP contribution in [0.5, 0.6) is 0 Å². The van der Waals surface area contributed by atoms with E-state index in [4.69, 9.17) is 4.74 Å². The third kappa shape index (κ3) is 2.82. The molecule has 0 aliphatic carbocycles. The summed E-state index contributed by atoms with van der Waals surface area (Å²) in [4.78, 5) is 0.298. The topological polar surface area (TPSA) is 75.3 Å². The standard InChI is InChI=1S/C12H21N3O3S/c1-4-15(8-11-6-5-7-18-11)19(16,17)12-9(2)13-14-10(12)3/h11H,4-8H2,1-3H3,(H,13,14). The Kier molecular flexibility index (Phi) is 4.27. The molecule has 7 heteroatoms. The second-order valence-corrected chi connectivity index (χ2v) is 6.73. The predicted molar refractivity (Wildman–Crippen MR) is 71.5 cm³/mol. The Morgan fingerprint density at radius 2 is 2.21 bits per heavy atom. The van der Waals surface area contributed by atoms with E-state index in [-0.39, 0.29) is 6.10 Å². The van der Waals surface area contributed by atoms with Crippen LogP contribution in [0.25, 0.3) is 0 Å². The van der Waals surface area contributed by atoms with E-state index in [9.17, 15) is 8.42 Å². The molecule has 1 aliphatic rings. The van der Waals surface area contributed by atoms with Crippen LogP contribution < -0.4 is 0 Å². The van der Waals surface area contributed by atoms with Crippen LogP contribution in [0.4, 0.5) is 0 Å². The largest absolute Gasteiger partial charge is 0.377 e. The number of aromatic nitrogens is 2. The molecule has 0 bridgehead atoms. The van der Waals surface area contributed by atoms with Crippen molar-refractivity contribution in [2.75, 3.05) is 19.7 Å². The molecule has 0 aromatic carbocycles. The molecular weight excluding hydrogens is 266 g/mol. The van der Waals surface area contributed by atoms with E-state index in [2.05, 4.69) is 10.2 Å². The quantitative estimate of drug-likeness (QED) is 0.883. The summed E-state index contributed by atoms with van der Waals surface area (Å²) in [7, 11) is -3.50. The average molecular weight is 287 g/mol. The lowest BCUT2D eigenvalue weighted by Crippen LogP contribution is -2.37. The first-order valence-corrected chi connectivity index (χ1v) is 8.04. The normalized spacial score (nSPS) is 20.3. The van der Waals surface area contributed by atoms with Crippen LogP contribution in [0.15, 0.2) is 4.90 Å². The third-order valence-electron chi connectivity index (χ3n) is 3.44. The van der Waals surface area contributed by atoms with Crippen molar-refractivity contribution < 1.29 is 13.2 Å². The molecule has 19 heavy (non-hydrogen) atoms. The molecule has 0 spiro atoms. The van der Waals surface area contributed by atoms with Gasteiger partial charge >= 0.3 is 0 Å². The first-order chi connectivity index (χ1) is 8.96. The van der Waals surface area contributed by atoms with Gasteiger partial charge in [0.1, 0.15) is 4.90 Å². The molecule has 1 aromatic rings. The van der Waals surface area contributed by atoms with Crippen molar-refractivity contribution in [2.24, 2.45) is 0 Å². The number of ether oxygens (including phenoxy) is 1. The Morgan fingerprint density at radius 3 is 2.68 bits per heavy atom. The smallest absolute Gasteiger partial charge is 0.246 e. The average Bonchev–Trinajstić information content (AvgIpc) is 2.96. The lowest BCUT2D eigenvalue weighted by Gasteiger charge is -2.23. The first-order valence-electron chi connectivity index (χ1n) is 6.60. The van der Waals surface area contributed by atoms with Gasteiger partial charge in [0.2, 0.25) is 10.0 Å². The molecule has 1 saturated heterocycles. The number of nitrogens with zero attached hydrogens (tertiary/aromatic N) is 2. The Hall–Kier alpha value is -0.920. The summed E-state index contributed by atoms with van der Waals surface area (Å²) in [5.74, 6) is 0. The second-order valence-electron chi connectivity index (χ2n) is 4.85. The lowest BCUT2D eigenvalue weighted by molar-refractivity contribution is 0.0946. The van der Waals surface area contributed by atoms with Gasteiger partial charge in [0, 0.05) is 19.7 Å². The van der Waals surface area contributed by atoms with Gasteiger partial charge in [-0.1, -0.05) is 6.92 Å². The van der Waals surface area contributed by atoms with Crippen LogP contribution in [-0.4, -0.2) is 48.7 Å². The van der Waals surface area contributed by atoms with Crippen LogP contribution in [-0.2, 0) is 14.8 Å². The molecule has 0 saturated carbocycles. The van der Waals surface area contributed by atoms with Crippen LogP contribution in [0.3, 0.4) is 0 Å². The number of H-pyrrole nitrogens is 1. The third-order valence-corrected chi connectivity index (χ3v) is 5.65. The molecule has 2 rings (SSSR count). The number of hydrogen-bond acceptors (Lipinski definition) is 4. The molecule has 0 radical (unpaired) electrons. The van der Waals surface area contributed by atoms with Gasteiger partial charge in [-0.2, -0.15) is 9.40 Å². The van der Waals surface area contributed by atoms with Gasteiger partial charge in [-0.3, -0.25) is 5.10 Å². The van der Waals surface area contributed by atoms with Gasteiger partial charge in [-0.15, -0.1) is 0 Å². The fourth-order valence-electron chi connectivity index (χ4n) is 2.46. The molecule has 1 N–H and O–H groups in total. The van der Waals surface area contributed by atoms with Crippen molar-refractivity contribution in [1.29, 1.82) is 0 Å². The van der Waals surface area contributed by atoms with Gasteiger partial charge in [0.15, 0.2) is 0 Å². The highest BCUT2D eigenvalue weighted by molar-refractivity contribution is 7.89. The lowest BCUT2D eigenvalue weighted by atomic mass is 10.2. The molecule has 108 valence electrons. The number of aromatic amines is 1. The zero-order chi connectivity index (χ0) is 14.0. The van der Waals surface area contributed by atoms with E-state index in [0.29, 0.717) is 29.4 Å². The number of rotatable bonds is 5. The molecule has 1 aromatic heterocycles. The number of sulfonamides is 1. The van der Waals surface area contributed by atoms with E-state index in [0.717, 1.165) is 19.4 Å². The molecular formula is C12H21N3O3S. The molecule has 2 heterocycles. The Morgan fingerprint density at radius 1 is 1.47 bits per heavy atom. The Balaban J connectivity index is 2.25. The van der Waals surface area contributed by atoms with Crippen molar-refractivity contribution >= 4 is 10.0 Å². The monoisotopic (exact) mass is 287 g/mol. The minimum atomic E-state index is -3.50. The summed E-state index contributed by atoms with van der Waals surface area (Å²) in [6, 6.07) is 0. The summed E-state index contributed by atoms with van der Waals surface area (Å²) in [6.07, 6.45) is 1.95. The first kappa shape index (κ1) is 14.5. The highest BCUT2D eigenvalue weighted by Crippen LogP contribution is 2.23. The summed E-state index contributed by atoms with van der Waals surface area (Å²) >= 11 is 0. The van der Waals surface area contributed by atoms with Gasteiger partial charge < -0.3 is 4.74 Å². The number of nitrogens with one attached hydrogen (secondary N) is 1. The van der Waals surface area contributed by atoms with Gasteiger partial charge in [-0.25, -0.2) is 8.42 Å². The molecule has 1 atom stereocenters. The molecule has 0 amide bonds. The zero-order valence-electron chi connectivity index (χ0n) is 11.6. The van der Waals surface area contributed by atoms with Crippen molar-refractivity contribution in [3.05, 3.63) is 11.4 Å². The maximum atomic E-state index is 12.7. The Labute approximate surface area is 114 Å². The van der Waals surface area contributed by atoms with Crippen LogP contribution in [0, 0.1) is 13.8 Å². The van der Waals surface area contributed by atoms with Crippen LogP contribution in [0.1, 0.15) is 31.2 Å². The van der Waals surface area contributed by atoms with E-state index in [1.54, 1.807) is 13.8 Å². The van der Waals surface area contributed by atoms with Gasteiger partial charge in [-0.05, 0) is 26.7 Å². The molecule has 1 unspecified atom stereocenters. The van der Waals surface area contributed by atoms with Crippen molar-refractivity contribution in [1.82, 2.24) is 14.5 Å². The number of aryl methyl sites for hydroxylation is 2. The number of likely N-dealkylation sites (N-methyl/N-ethyl adjacent to an activating group) is 1. The zero-order valence-corrected chi connectivity index (χ0v) is 12.5. The van der Waals surface area contributed by atoms with Crippen LogP contribution >= 0.6 is 0 Å². The highest BCUT2D eigenvalue weighted by atomic mass is 32.2. The second kappa shape index (κ2) is 5.60. The minimum Gasteiger partial charge on any atom is -0.377 e. The van der Waals surface area contributed by atoms with Crippen molar-refractivity contribution in [3.63, 3.8) is 0 Å². The molecule has 6 nitrogen and oxygen atoms in total. The fourth-order valence-corrected chi connectivity index (χ4v) is 4.27. The number of hydrogen-bond donors (Lipinski definition) is 1. The van der Waals surface area contributed by atoms with Crippen LogP contribution in [0.2, 0.25) is 0 Å². The Bertz CT molecular complexity index is 513. The van der Waals surface area contributed by atoms with Gasteiger partial charge in [0.05, 0.1) is 17.5 Å². The van der Waals surface area contributed by atoms with E-state index >= 15 is 0 Å². The molecule has 1 fully saturated rings.